The number of benzene rings is 3. The van der Waals surface area contributed by atoms with Crippen molar-refractivity contribution >= 4 is 17.3 Å². The second kappa shape index (κ2) is 11.6. The van der Waals surface area contributed by atoms with Gasteiger partial charge in [0, 0.05) is 44.9 Å². The number of anilines is 1. The zero-order valence-electron chi connectivity index (χ0n) is 20.7. The Hall–Kier alpha value is -3.65. The average molecular weight is 517 g/mol. The van der Waals surface area contributed by atoms with Crippen molar-refractivity contribution in [1.82, 2.24) is 14.7 Å². The van der Waals surface area contributed by atoms with Crippen LogP contribution < -0.4 is 15.2 Å². The minimum Gasteiger partial charge on any atom is -0.449 e. The molecule has 5 rings (SSSR count). The number of methoxy groups -OCH3 is 1. The molecule has 0 bridgehead atoms. The zero-order valence-corrected chi connectivity index (χ0v) is 21.5. The summed E-state index contributed by atoms with van der Waals surface area (Å²) in [4.78, 5) is 18.2. The number of aromatic nitrogens is 2. The molecule has 8 heteroatoms. The van der Waals surface area contributed by atoms with Crippen LogP contribution in [0.1, 0.15) is 0 Å². The molecule has 1 fully saturated rings. The van der Waals surface area contributed by atoms with Gasteiger partial charge < -0.3 is 14.4 Å². The summed E-state index contributed by atoms with van der Waals surface area (Å²) in [6.45, 7) is 4.85. The second-order valence-corrected chi connectivity index (χ2v) is 9.30. The number of ether oxygens (including phenoxy) is 2. The highest BCUT2D eigenvalue weighted by Gasteiger charge is 2.24. The van der Waals surface area contributed by atoms with E-state index in [2.05, 4.69) is 27.0 Å². The first-order valence-corrected chi connectivity index (χ1v) is 12.7. The number of piperazine rings is 1. The van der Waals surface area contributed by atoms with Gasteiger partial charge in [0.25, 0.3) is 0 Å². The summed E-state index contributed by atoms with van der Waals surface area (Å²) in [6.07, 6.45) is 1.72. The van der Waals surface area contributed by atoms with E-state index in [1.54, 1.807) is 37.6 Å². The Morgan fingerprint density at radius 2 is 1.54 bits per heavy atom. The van der Waals surface area contributed by atoms with Gasteiger partial charge in [-0.25, -0.2) is 0 Å². The molecule has 190 valence electrons. The molecule has 1 aromatic heterocycles. The highest BCUT2D eigenvalue weighted by atomic mass is 35.5. The van der Waals surface area contributed by atoms with Crippen LogP contribution in [0.2, 0.25) is 5.02 Å². The molecular weight excluding hydrogens is 488 g/mol. The summed E-state index contributed by atoms with van der Waals surface area (Å²) in [6, 6.07) is 24.9. The molecule has 0 N–H and O–H groups in total. The molecular formula is C29H29ClN4O3. The van der Waals surface area contributed by atoms with Gasteiger partial charge in [-0.3, -0.25) is 9.69 Å². The normalized spacial score (nSPS) is 14.1. The van der Waals surface area contributed by atoms with Gasteiger partial charge in [-0.2, -0.15) is 9.78 Å². The quantitative estimate of drug-likeness (QED) is 0.324. The summed E-state index contributed by atoms with van der Waals surface area (Å²) in [5, 5.41) is 5.08. The van der Waals surface area contributed by atoms with Crippen molar-refractivity contribution in [2.75, 3.05) is 51.3 Å². The lowest BCUT2D eigenvalue weighted by Gasteiger charge is -2.36. The van der Waals surface area contributed by atoms with Crippen LogP contribution in [-0.4, -0.2) is 61.1 Å². The van der Waals surface area contributed by atoms with Crippen LogP contribution in [0.25, 0.3) is 16.8 Å². The van der Waals surface area contributed by atoms with E-state index in [1.165, 1.54) is 4.68 Å². The summed E-state index contributed by atoms with van der Waals surface area (Å²) < 4.78 is 12.9. The lowest BCUT2D eigenvalue weighted by atomic mass is 10.1. The van der Waals surface area contributed by atoms with Crippen molar-refractivity contribution in [3.63, 3.8) is 0 Å². The van der Waals surface area contributed by atoms with Gasteiger partial charge >= 0.3 is 5.56 Å². The minimum atomic E-state index is -0.325. The molecule has 0 aliphatic carbocycles. The number of rotatable bonds is 8. The van der Waals surface area contributed by atoms with E-state index in [9.17, 15) is 4.79 Å². The molecule has 0 spiro atoms. The Kier molecular flexibility index (Phi) is 7.84. The number of halogens is 1. The summed E-state index contributed by atoms with van der Waals surface area (Å²) >= 11 is 6.05. The van der Waals surface area contributed by atoms with Crippen LogP contribution in [0, 0.1) is 0 Å². The molecule has 1 aliphatic heterocycles. The van der Waals surface area contributed by atoms with Crippen molar-refractivity contribution in [3.8, 4) is 28.3 Å². The maximum Gasteiger partial charge on any atom is 0.316 e. The monoisotopic (exact) mass is 516 g/mol. The first-order chi connectivity index (χ1) is 18.1. The van der Waals surface area contributed by atoms with Gasteiger partial charge in [0.1, 0.15) is 11.4 Å². The summed E-state index contributed by atoms with van der Waals surface area (Å²) in [5.74, 6) is 0.841. The van der Waals surface area contributed by atoms with Gasteiger partial charge in [-0.1, -0.05) is 54.1 Å². The first kappa shape index (κ1) is 25.0. The molecule has 37 heavy (non-hydrogen) atoms. The van der Waals surface area contributed by atoms with Crippen LogP contribution in [0.3, 0.4) is 0 Å². The van der Waals surface area contributed by atoms with E-state index in [-0.39, 0.29) is 11.3 Å². The predicted octanol–water partition coefficient (Wildman–Crippen LogP) is 5.11. The van der Waals surface area contributed by atoms with Gasteiger partial charge in [0.05, 0.1) is 18.5 Å². The topological polar surface area (TPSA) is 59.8 Å². The van der Waals surface area contributed by atoms with E-state index in [0.29, 0.717) is 28.8 Å². The Balaban J connectivity index is 1.46. The Bertz CT molecular complexity index is 1370. The van der Waals surface area contributed by atoms with Gasteiger partial charge in [0.15, 0.2) is 0 Å². The van der Waals surface area contributed by atoms with Gasteiger partial charge in [0.2, 0.25) is 5.75 Å². The predicted molar refractivity (Wildman–Crippen MR) is 147 cm³/mol. The van der Waals surface area contributed by atoms with Crippen LogP contribution in [0.15, 0.2) is 89.9 Å². The lowest BCUT2D eigenvalue weighted by molar-refractivity contribution is 0.144. The summed E-state index contributed by atoms with van der Waals surface area (Å²) in [7, 11) is 1.72. The molecule has 0 unspecified atom stereocenters. The largest absolute Gasteiger partial charge is 0.449 e. The molecule has 0 amide bonds. The maximum atomic E-state index is 13.7. The molecule has 1 aliphatic rings. The third-order valence-corrected chi connectivity index (χ3v) is 6.74. The van der Waals surface area contributed by atoms with E-state index in [4.69, 9.17) is 21.1 Å². The molecule has 0 radical (unpaired) electrons. The van der Waals surface area contributed by atoms with Crippen LogP contribution in [0.4, 0.5) is 5.69 Å². The molecule has 7 nitrogen and oxygen atoms in total. The molecule has 4 aromatic rings. The van der Waals surface area contributed by atoms with Crippen molar-refractivity contribution in [1.29, 1.82) is 0 Å². The smallest absolute Gasteiger partial charge is 0.316 e. The fourth-order valence-corrected chi connectivity index (χ4v) is 4.54. The van der Waals surface area contributed by atoms with Gasteiger partial charge in [-0.15, -0.1) is 0 Å². The first-order valence-electron chi connectivity index (χ1n) is 12.3. The van der Waals surface area contributed by atoms with Crippen molar-refractivity contribution < 1.29 is 9.47 Å². The number of nitrogens with zero attached hydrogens (tertiary/aromatic N) is 4. The second-order valence-electron chi connectivity index (χ2n) is 8.87. The lowest BCUT2D eigenvalue weighted by Crippen LogP contribution is -2.47. The van der Waals surface area contributed by atoms with Crippen molar-refractivity contribution in [2.24, 2.45) is 0 Å². The highest BCUT2D eigenvalue weighted by molar-refractivity contribution is 6.30. The van der Waals surface area contributed by atoms with E-state index in [1.807, 2.05) is 42.5 Å². The minimum absolute atomic E-state index is 0.253. The van der Waals surface area contributed by atoms with E-state index in [0.717, 1.165) is 43.9 Å². The Morgan fingerprint density at radius 3 is 2.22 bits per heavy atom. The van der Waals surface area contributed by atoms with E-state index >= 15 is 0 Å². The SMILES string of the molecule is COCCN1CCN(c2cnn(-c3ccc(Cl)cc3)c(=O)c2Oc2ccc(-c3ccccc3)cc2)CC1. The standard InChI is InChI=1S/C29H29ClN4O3/c1-36-20-19-32-15-17-33(18-16-32)27-21-31-34(25-11-9-24(30)10-12-25)29(35)28(27)37-26-13-7-23(8-14-26)22-5-3-2-4-6-22/h2-14,21H,15-20H2,1H3. The highest BCUT2D eigenvalue weighted by Crippen LogP contribution is 2.31. The number of hydrogen-bond acceptors (Lipinski definition) is 6. The van der Waals surface area contributed by atoms with Crippen molar-refractivity contribution in [2.45, 2.75) is 0 Å². The molecule has 0 saturated carbocycles. The fraction of sp³-hybridized carbons (Fsp3) is 0.241. The average Bonchev–Trinajstić information content (AvgIpc) is 2.95. The van der Waals surface area contributed by atoms with Crippen LogP contribution in [0.5, 0.6) is 11.5 Å². The number of hydrogen-bond donors (Lipinski definition) is 0. The Labute approximate surface area is 221 Å². The van der Waals surface area contributed by atoms with Crippen molar-refractivity contribution in [3.05, 3.63) is 100 Å². The van der Waals surface area contributed by atoms with E-state index < -0.39 is 0 Å². The molecule has 0 atom stereocenters. The molecule has 2 heterocycles. The third-order valence-electron chi connectivity index (χ3n) is 6.49. The third kappa shape index (κ3) is 5.85. The molecule has 3 aromatic carbocycles. The molecule has 1 saturated heterocycles. The Morgan fingerprint density at radius 1 is 0.865 bits per heavy atom. The van der Waals surface area contributed by atoms with Crippen LogP contribution in [-0.2, 0) is 4.74 Å². The summed E-state index contributed by atoms with van der Waals surface area (Å²) in [5.41, 5.74) is 3.18. The maximum absolute atomic E-state index is 13.7. The fourth-order valence-electron chi connectivity index (χ4n) is 4.41. The zero-order chi connectivity index (χ0) is 25.6. The van der Waals surface area contributed by atoms with Crippen LogP contribution >= 0.6 is 11.6 Å². The van der Waals surface area contributed by atoms with Gasteiger partial charge in [-0.05, 0) is 47.5 Å².